The number of ether oxygens (including phenoxy) is 6. The summed E-state index contributed by atoms with van der Waals surface area (Å²) < 4.78 is 41.4. The van der Waals surface area contributed by atoms with Gasteiger partial charge in [0, 0.05) is 30.1 Å². The lowest BCUT2D eigenvalue weighted by Gasteiger charge is -2.55. The summed E-state index contributed by atoms with van der Waals surface area (Å²) in [5.74, 6) is -5.51. The van der Waals surface area contributed by atoms with E-state index in [2.05, 4.69) is 27.7 Å². The number of aliphatic hydroxyl groups excluding tert-OH is 1. The van der Waals surface area contributed by atoms with Gasteiger partial charge in [-0.25, -0.2) is 0 Å². The number of rotatable bonds is 15. The van der Waals surface area contributed by atoms with Gasteiger partial charge in [0.05, 0.1) is 60.4 Å². The number of ketones is 1. The number of hydrogen-bond donors (Lipinski definition) is 3. The molecule has 0 unspecified atom stereocenters. The fraction of sp³-hybridized carbons (Fsp3) is 0.796. The zero-order chi connectivity index (χ0) is 43.8. The summed E-state index contributed by atoms with van der Waals surface area (Å²) in [6, 6.07) is 10.0. The second-order valence-electron chi connectivity index (χ2n) is 19.7. The second kappa shape index (κ2) is 18.9. The molecule has 2 spiro atoms. The summed E-state index contributed by atoms with van der Waals surface area (Å²) in [6.07, 6.45) is 6.83. The molecule has 0 aromatic heterocycles. The van der Waals surface area contributed by atoms with Crippen molar-refractivity contribution in [3.05, 3.63) is 48.0 Å². The van der Waals surface area contributed by atoms with Crippen molar-refractivity contribution >= 4 is 11.8 Å². The minimum atomic E-state index is -1.21. The van der Waals surface area contributed by atoms with Crippen molar-refractivity contribution in [2.45, 2.75) is 206 Å². The summed E-state index contributed by atoms with van der Waals surface area (Å²) >= 11 is 0. The number of carbonyl (C=O) groups is 2. The second-order valence-corrected chi connectivity index (χ2v) is 19.7. The molecule has 6 rings (SSSR count). The van der Waals surface area contributed by atoms with Gasteiger partial charge in [0.2, 0.25) is 5.79 Å². The molecule has 0 saturated carbocycles. The molecule has 60 heavy (non-hydrogen) atoms. The maximum Gasteiger partial charge on any atom is 0.309 e. The fourth-order valence-electron chi connectivity index (χ4n) is 11.4. The number of carboxylic acid groups (broad SMARTS) is 1. The van der Waals surface area contributed by atoms with Gasteiger partial charge in [-0.15, -0.1) is 0 Å². The molecule has 0 radical (unpaired) electrons. The van der Waals surface area contributed by atoms with Crippen LogP contribution in [0.3, 0.4) is 0 Å². The van der Waals surface area contributed by atoms with Crippen LogP contribution in [0.4, 0.5) is 0 Å². The number of carbonyl (C=O) groups excluding carboxylic acids is 1. The molecular weight excluding hydrogens is 765 g/mol. The molecule has 4 fully saturated rings. The van der Waals surface area contributed by atoms with Crippen LogP contribution in [0.15, 0.2) is 42.5 Å². The molecule has 18 atom stereocenters. The van der Waals surface area contributed by atoms with Crippen molar-refractivity contribution in [1.82, 2.24) is 0 Å². The Bertz CT molecular complexity index is 1640. The standard InChI is InChI=1S/C49H76O11/c1-11-36(45(52)53)38-20-19-29(4)43(57-38)33(8)41(50)32(7)42(51)37(12-2)44-30(5)27-31(6)48(58-44)24-22-40(55-28-35-17-15-14-16-18-35)49(60-48)26-25-46(10,59-49)39-21-23-47(54,13-3)34(9)56-39/h14-18,22,24,29-34,36-41,43-44,50,54H,11-13,19-21,23,25-28H2,1-10H3,(H,52,53)/t29-,30-,31+,32-,33-,34-,36+,37-,38+,39+,40+,41+,43+,44-,46-,47+,48+,49+/m0/s1. The smallest absolute Gasteiger partial charge is 0.309 e. The molecule has 5 aliphatic heterocycles. The molecule has 5 heterocycles. The van der Waals surface area contributed by atoms with Crippen LogP contribution in [0.5, 0.6) is 0 Å². The molecule has 4 saturated heterocycles. The quantitative estimate of drug-likeness (QED) is 0.146. The molecule has 11 nitrogen and oxygen atoms in total. The molecule has 1 aromatic carbocycles. The van der Waals surface area contributed by atoms with Gasteiger partial charge in [-0.1, -0.05) is 85.7 Å². The molecule has 5 aliphatic rings. The zero-order valence-electron chi connectivity index (χ0n) is 38.0. The molecular formula is C49H76O11. The van der Waals surface area contributed by atoms with Crippen molar-refractivity contribution < 1.29 is 53.3 Å². The Hall–Kier alpha value is -2.22. The normalized spacial score (nSPS) is 42.1. The molecule has 3 N–H and O–H groups in total. The van der Waals surface area contributed by atoms with Gasteiger partial charge in [-0.05, 0) is 101 Å². The molecule has 11 heteroatoms. The van der Waals surface area contributed by atoms with Gasteiger partial charge in [0.1, 0.15) is 11.9 Å². The van der Waals surface area contributed by atoms with E-state index in [9.17, 15) is 24.9 Å². The van der Waals surface area contributed by atoms with E-state index in [1.807, 2.05) is 77.1 Å². The first-order valence-corrected chi connectivity index (χ1v) is 23.3. The third-order valence-corrected chi connectivity index (χ3v) is 15.7. The summed E-state index contributed by atoms with van der Waals surface area (Å²) in [5, 5.41) is 33.0. The first-order chi connectivity index (χ1) is 28.4. The van der Waals surface area contributed by atoms with E-state index in [-0.39, 0.29) is 47.8 Å². The van der Waals surface area contributed by atoms with Crippen LogP contribution in [0.2, 0.25) is 0 Å². The lowest BCUT2D eigenvalue weighted by atomic mass is 9.72. The first-order valence-electron chi connectivity index (χ1n) is 23.3. The highest BCUT2D eigenvalue weighted by Crippen LogP contribution is 2.54. The number of carboxylic acids is 1. The summed E-state index contributed by atoms with van der Waals surface area (Å²) in [4.78, 5) is 26.7. The Balaban J connectivity index is 1.23. The molecule has 0 amide bonds. The molecule has 0 aliphatic carbocycles. The summed E-state index contributed by atoms with van der Waals surface area (Å²) in [6.45, 7) is 20.3. The van der Waals surface area contributed by atoms with Gasteiger partial charge < -0.3 is 43.7 Å². The van der Waals surface area contributed by atoms with E-state index in [4.69, 9.17) is 28.4 Å². The Kier molecular flexibility index (Phi) is 14.9. The Morgan fingerprint density at radius 3 is 2.22 bits per heavy atom. The number of benzene rings is 1. The Labute approximate surface area is 359 Å². The van der Waals surface area contributed by atoms with Crippen molar-refractivity contribution in [1.29, 1.82) is 0 Å². The van der Waals surface area contributed by atoms with Crippen LogP contribution in [-0.4, -0.2) is 92.6 Å². The van der Waals surface area contributed by atoms with Gasteiger partial charge in [-0.2, -0.15) is 0 Å². The average Bonchev–Trinajstić information content (AvgIpc) is 3.57. The number of aliphatic hydroxyl groups is 2. The first kappa shape index (κ1) is 47.3. The van der Waals surface area contributed by atoms with Gasteiger partial charge >= 0.3 is 5.97 Å². The maximum absolute atomic E-state index is 14.7. The Morgan fingerprint density at radius 1 is 0.883 bits per heavy atom. The van der Waals surface area contributed by atoms with Gasteiger partial charge in [0.15, 0.2) is 5.79 Å². The number of hydrogen-bond acceptors (Lipinski definition) is 10. The molecule has 0 bridgehead atoms. The van der Waals surface area contributed by atoms with Crippen molar-refractivity contribution in [2.24, 2.45) is 41.4 Å². The zero-order valence-corrected chi connectivity index (χ0v) is 38.0. The van der Waals surface area contributed by atoms with E-state index in [0.717, 1.165) is 18.4 Å². The highest BCUT2D eigenvalue weighted by molar-refractivity contribution is 5.84. The minimum Gasteiger partial charge on any atom is -0.481 e. The van der Waals surface area contributed by atoms with Crippen LogP contribution in [-0.2, 0) is 44.6 Å². The van der Waals surface area contributed by atoms with E-state index < -0.39 is 70.9 Å². The van der Waals surface area contributed by atoms with Crippen LogP contribution in [0, 0.1) is 41.4 Å². The lowest BCUT2D eigenvalue weighted by Crippen LogP contribution is -2.63. The van der Waals surface area contributed by atoms with E-state index >= 15 is 0 Å². The maximum atomic E-state index is 14.7. The van der Waals surface area contributed by atoms with Crippen LogP contribution >= 0.6 is 0 Å². The monoisotopic (exact) mass is 841 g/mol. The molecule has 1 aromatic rings. The lowest BCUT2D eigenvalue weighted by molar-refractivity contribution is -0.412. The average molecular weight is 841 g/mol. The predicted molar refractivity (Wildman–Crippen MR) is 228 cm³/mol. The summed E-state index contributed by atoms with van der Waals surface area (Å²) in [5.41, 5.74) is -0.560. The SMILES string of the molecule is CC[C@@H](C(=O)[C@@H](C)[C@@H](O)[C@H](C)[C@@H]1O[C@@H]([C@@H](CC)C(=O)O)CC[C@@H]1C)[C@H]1O[C@@]2(C=C[C@@H](OCc3ccccc3)[C@@]3(CC[C@@](C)([C@H]4CC[C@](O)(CC)[C@H](C)O4)O3)O2)[C@H](C)C[C@@H]1C. The Morgan fingerprint density at radius 2 is 1.58 bits per heavy atom. The van der Waals surface area contributed by atoms with Gasteiger partial charge in [0.25, 0.3) is 0 Å². The van der Waals surface area contributed by atoms with E-state index in [0.29, 0.717) is 58.0 Å². The van der Waals surface area contributed by atoms with Crippen LogP contribution < -0.4 is 0 Å². The number of Topliss-reactive ketones (excluding diaryl/α,β-unsaturated/α-hetero) is 1. The van der Waals surface area contributed by atoms with Crippen LogP contribution in [0.25, 0.3) is 0 Å². The van der Waals surface area contributed by atoms with Crippen LogP contribution in [0.1, 0.15) is 139 Å². The third kappa shape index (κ3) is 9.21. The minimum absolute atomic E-state index is 0.0231. The fourth-order valence-corrected chi connectivity index (χ4v) is 11.4. The third-order valence-electron chi connectivity index (χ3n) is 15.7. The topological polar surface area (TPSA) is 150 Å². The largest absolute Gasteiger partial charge is 0.481 e. The van der Waals surface area contributed by atoms with E-state index in [1.165, 1.54) is 0 Å². The van der Waals surface area contributed by atoms with Crippen molar-refractivity contribution in [3.8, 4) is 0 Å². The highest BCUT2D eigenvalue weighted by atomic mass is 16.8. The highest BCUT2D eigenvalue weighted by Gasteiger charge is 2.63. The van der Waals surface area contributed by atoms with Crippen molar-refractivity contribution in [3.63, 3.8) is 0 Å². The van der Waals surface area contributed by atoms with E-state index in [1.54, 1.807) is 6.92 Å². The summed E-state index contributed by atoms with van der Waals surface area (Å²) in [7, 11) is 0. The van der Waals surface area contributed by atoms with Crippen molar-refractivity contribution in [2.75, 3.05) is 0 Å². The molecule has 338 valence electrons. The van der Waals surface area contributed by atoms with Gasteiger partial charge in [-0.3, -0.25) is 9.59 Å². The predicted octanol–water partition coefficient (Wildman–Crippen LogP) is 8.41. The number of aliphatic carboxylic acids is 1.